The maximum absolute atomic E-state index is 12.6. The smallest absolute Gasteiger partial charge is 0.243 e. The number of carbonyl (C=O) groups is 1. The van der Waals surface area contributed by atoms with E-state index in [4.69, 9.17) is 5.26 Å². The minimum atomic E-state index is -3.84. The number of likely N-dealkylation sites (N-methyl/N-ethyl adjacent to an activating group) is 1. The molecule has 0 saturated carbocycles. The molecule has 2 aromatic heterocycles. The van der Waals surface area contributed by atoms with Gasteiger partial charge in [0.05, 0.1) is 28.8 Å². The van der Waals surface area contributed by atoms with Crippen molar-refractivity contribution in [2.24, 2.45) is 0 Å². The maximum atomic E-state index is 12.6. The van der Waals surface area contributed by atoms with Crippen molar-refractivity contribution in [3.05, 3.63) is 51.0 Å². The number of carbonyl (C=O) groups excluding carboxylic acids is 1. The number of anilines is 1. The van der Waals surface area contributed by atoms with Crippen LogP contribution < -0.4 is 5.32 Å². The van der Waals surface area contributed by atoms with Crippen LogP contribution >= 0.6 is 22.7 Å². The second kappa shape index (κ2) is 8.42. The predicted molar refractivity (Wildman–Crippen MR) is 115 cm³/mol. The Morgan fingerprint density at radius 2 is 1.97 bits per heavy atom. The van der Waals surface area contributed by atoms with Gasteiger partial charge in [0.15, 0.2) is 5.13 Å². The van der Waals surface area contributed by atoms with E-state index >= 15 is 0 Å². The topological polar surface area (TPSA) is 103 Å². The van der Waals surface area contributed by atoms with Gasteiger partial charge in [-0.05, 0) is 44.2 Å². The Labute approximate surface area is 177 Å². The summed E-state index contributed by atoms with van der Waals surface area (Å²) in [5.74, 6) is -0.483. The first-order valence-electron chi connectivity index (χ1n) is 8.50. The fraction of sp³-hybridized carbons (Fsp3) is 0.211. The largest absolute Gasteiger partial charge is 0.301 e. The summed E-state index contributed by atoms with van der Waals surface area (Å²) in [7, 11) is -2.51. The highest BCUT2D eigenvalue weighted by atomic mass is 32.2. The molecular formula is C19H18N4O3S3. The normalized spacial score (nSPS) is 11.4. The van der Waals surface area contributed by atoms with E-state index in [1.807, 2.05) is 25.3 Å². The molecule has 0 spiro atoms. The molecule has 0 radical (unpaired) electrons. The van der Waals surface area contributed by atoms with E-state index in [1.165, 1.54) is 47.5 Å². The highest BCUT2D eigenvalue weighted by Crippen LogP contribution is 2.32. The number of amides is 1. The first-order chi connectivity index (χ1) is 13.7. The van der Waals surface area contributed by atoms with E-state index in [0.29, 0.717) is 10.7 Å². The minimum Gasteiger partial charge on any atom is -0.301 e. The summed E-state index contributed by atoms with van der Waals surface area (Å²) in [6.07, 6.45) is 0. The first-order valence-corrected chi connectivity index (χ1v) is 11.6. The molecule has 3 aromatic rings. The van der Waals surface area contributed by atoms with Crippen molar-refractivity contribution in [2.45, 2.75) is 18.7 Å². The van der Waals surface area contributed by atoms with E-state index in [9.17, 15) is 13.2 Å². The van der Waals surface area contributed by atoms with Crippen LogP contribution in [0.15, 0.2) is 40.6 Å². The fourth-order valence-corrected chi connectivity index (χ4v) is 5.45. The van der Waals surface area contributed by atoms with Gasteiger partial charge in [-0.1, -0.05) is 0 Å². The summed E-state index contributed by atoms with van der Waals surface area (Å²) in [6, 6.07) is 9.53. The zero-order valence-electron chi connectivity index (χ0n) is 16.0. The Kier molecular flexibility index (Phi) is 6.14. The highest BCUT2D eigenvalue weighted by Gasteiger charge is 2.23. The molecule has 29 heavy (non-hydrogen) atoms. The summed E-state index contributed by atoms with van der Waals surface area (Å²) in [5.41, 5.74) is 2.18. The molecule has 2 heterocycles. The Morgan fingerprint density at radius 1 is 1.28 bits per heavy atom. The molecule has 10 heteroatoms. The summed E-state index contributed by atoms with van der Waals surface area (Å²) >= 11 is 2.97. The van der Waals surface area contributed by atoms with Gasteiger partial charge in [0.1, 0.15) is 0 Å². The number of nitrogens with zero attached hydrogens (tertiary/aromatic N) is 3. The Balaban J connectivity index is 1.67. The van der Waals surface area contributed by atoms with Crippen molar-refractivity contribution in [1.29, 1.82) is 5.26 Å². The molecule has 0 bridgehead atoms. The van der Waals surface area contributed by atoms with Gasteiger partial charge in [-0.25, -0.2) is 13.4 Å². The van der Waals surface area contributed by atoms with E-state index in [-0.39, 0.29) is 11.4 Å². The molecule has 1 amide bonds. The molecule has 0 aliphatic rings. The van der Waals surface area contributed by atoms with Crippen LogP contribution in [0.25, 0.3) is 11.3 Å². The minimum absolute atomic E-state index is 0.0200. The number of hydrogen-bond donors (Lipinski definition) is 1. The third kappa shape index (κ3) is 4.71. The SMILES string of the molecule is Cc1cc(-c2csc(NC(=O)CN(C)S(=O)(=O)c3ccc(C#N)cc3)n2)c(C)s1. The van der Waals surface area contributed by atoms with Crippen LogP contribution in [-0.4, -0.2) is 37.2 Å². The zero-order valence-corrected chi connectivity index (χ0v) is 18.4. The van der Waals surface area contributed by atoms with E-state index in [1.54, 1.807) is 11.3 Å². The summed E-state index contributed by atoms with van der Waals surface area (Å²) in [5, 5.41) is 13.8. The molecule has 0 aliphatic carbocycles. The number of hydrogen-bond acceptors (Lipinski definition) is 7. The van der Waals surface area contributed by atoms with Gasteiger partial charge in [0.25, 0.3) is 0 Å². The predicted octanol–water partition coefficient (Wildman–Crippen LogP) is 3.62. The molecule has 1 N–H and O–H groups in total. The number of benzene rings is 1. The molecular weight excluding hydrogens is 428 g/mol. The Morgan fingerprint density at radius 3 is 2.55 bits per heavy atom. The highest BCUT2D eigenvalue weighted by molar-refractivity contribution is 7.89. The van der Waals surface area contributed by atoms with E-state index in [2.05, 4.69) is 16.4 Å². The zero-order chi connectivity index (χ0) is 21.2. The van der Waals surface area contributed by atoms with Crippen LogP contribution in [0.2, 0.25) is 0 Å². The molecule has 0 atom stereocenters. The number of thiazole rings is 1. The lowest BCUT2D eigenvalue weighted by molar-refractivity contribution is -0.116. The Hall–Kier alpha value is -2.58. The summed E-state index contributed by atoms with van der Waals surface area (Å²) in [6.45, 7) is 3.70. The molecule has 0 fully saturated rings. The second-order valence-corrected chi connectivity index (χ2v) is 10.7. The van der Waals surface area contributed by atoms with Crippen LogP contribution in [0.4, 0.5) is 5.13 Å². The number of rotatable bonds is 6. The maximum Gasteiger partial charge on any atom is 0.243 e. The fourth-order valence-electron chi connectivity index (χ4n) is 2.67. The van der Waals surface area contributed by atoms with Crippen LogP contribution in [-0.2, 0) is 14.8 Å². The van der Waals surface area contributed by atoms with Crippen LogP contribution in [0.1, 0.15) is 15.3 Å². The van der Waals surface area contributed by atoms with E-state index in [0.717, 1.165) is 20.4 Å². The first kappa shape index (κ1) is 21.1. The van der Waals surface area contributed by atoms with Crippen molar-refractivity contribution in [3.63, 3.8) is 0 Å². The lowest BCUT2D eigenvalue weighted by atomic mass is 10.2. The van der Waals surface area contributed by atoms with Gasteiger partial charge < -0.3 is 5.32 Å². The standard InChI is InChI=1S/C19H18N4O3S3/c1-12-8-16(13(2)28-12)17-11-27-19(21-17)22-18(24)10-23(3)29(25,26)15-6-4-14(9-20)5-7-15/h4-8,11H,10H2,1-3H3,(H,21,22,24). The lowest BCUT2D eigenvalue weighted by Gasteiger charge is -2.16. The molecule has 0 unspecified atom stereocenters. The van der Waals surface area contributed by atoms with Gasteiger partial charge >= 0.3 is 0 Å². The average Bonchev–Trinajstić information content (AvgIpc) is 3.27. The van der Waals surface area contributed by atoms with Crippen LogP contribution in [0, 0.1) is 25.2 Å². The third-order valence-electron chi connectivity index (χ3n) is 4.13. The summed E-state index contributed by atoms with van der Waals surface area (Å²) in [4.78, 5) is 19.1. The van der Waals surface area contributed by atoms with Crippen LogP contribution in [0.5, 0.6) is 0 Å². The number of thiophene rings is 1. The number of nitriles is 1. The van der Waals surface area contributed by atoms with Gasteiger partial charge in [-0.15, -0.1) is 22.7 Å². The summed E-state index contributed by atoms with van der Waals surface area (Å²) < 4.78 is 26.2. The number of sulfonamides is 1. The number of aromatic nitrogens is 1. The van der Waals surface area contributed by atoms with Crippen LogP contribution in [0.3, 0.4) is 0 Å². The molecule has 0 aliphatic heterocycles. The molecule has 150 valence electrons. The molecule has 7 nitrogen and oxygen atoms in total. The van der Waals surface area contributed by atoms with Gasteiger partial charge in [0, 0.05) is 27.7 Å². The van der Waals surface area contributed by atoms with Crippen molar-refractivity contribution < 1.29 is 13.2 Å². The lowest BCUT2D eigenvalue weighted by Crippen LogP contribution is -2.34. The second-order valence-electron chi connectivity index (χ2n) is 6.31. The van der Waals surface area contributed by atoms with Crippen molar-refractivity contribution in [2.75, 3.05) is 18.9 Å². The third-order valence-corrected chi connectivity index (χ3v) is 7.67. The number of nitrogens with one attached hydrogen (secondary N) is 1. The van der Waals surface area contributed by atoms with Crippen molar-refractivity contribution >= 4 is 43.7 Å². The number of aryl methyl sites for hydroxylation is 2. The van der Waals surface area contributed by atoms with Crippen molar-refractivity contribution in [1.82, 2.24) is 9.29 Å². The van der Waals surface area contributed by atoms with Gasteiger partial charge in [-0.2, -0.15) is 9.57 Å². The molecule has 1 aromatic carbocycles. The van der Waals surface area contributed by atoms with Gasteiger partial charge in [-0.3, -0.25) is 4.79 Å². The quantitative estimate of drug-likeness (QED) is 0.623. The van der Waals surface area contributed by atoms with Crippen molar-refractivity contribution in [3.8, 4) is 17.3 Å². The average molecular weight is 447 g/mol. The monoisotopic (exact) mass is 446 g/mol. The Bertz CT molecular complexity index is 1190. The van der Waals surface area contributed by atoms with E-state index < -0.39 is 15.9 Å². The van der Waals surface area contributed by atoms with Gasteiger partial charge in [0.2, 0.25) is 15.9 Å². The molecule has 3 rings (SSSR count). The molecule has 0 saturated heterocycles.